The Morgan fingerprint density at radius 2 is 1.85 bits per heavy atom. The largest absolute Gasteiger partial charge is 0.508 e. The van der Waals surface area contributed by atoms with Crippen LogP contribution in [0, 0.1) is 25.2 Å². The van der Waals surface area contributed by atoms with E-state index in [-0.39, 0.29) is 11.3 Å². The average Bonchev–Trinajstić information content (AvgIpc) is 2.80. The number of benzene rings is 3. The van der Waals surface area contributed by atoms with Crippen molar-refractivity contribution in [3.63, 3.8) is 0 Å². The monoisotopic (exact) mass is 462 g/mol. The van der Waals surface area contributed by atoms with Gasteiger partial charge in [0, 0.05) is 5.69 Å². The molecule has 0 radical (unpaired) electrons. The summed E-state index contributed by atoms with van der Waals surface area (Å²) in [6.45, 7) is 4.40. The zero-order valence-corrected chi connectivity index (χ0v) is 19.2. The van der Waals surface area contributed by atoms with Gasteiger partial charge in [-0.2, -0.15) is 5.26 Å². The van der Waals surface area contributed by atoms with Crippen LogP contribution in [0.4, 0.5) is 5.69 Å². The summed E-state index contributed by atoms with van der Waals surface area (Å²) in [7, 11) is 1.49. The van der Waals surface area contributed by atoms with Crippen molar-refractivity contribution in [2.75, 3.05) is 12.4 Å². The van der Waals surface area contributed by atoms with E-state index < -0.39 is 5.91 Å². The van der Waals surface area contributed by atoms with Crippen molar-refractivity contribution in [2.24, 2.45) is 0 Å². The average molecular weight is 463 g/mol. The molecule has 0 heterocycles. The van der Waals surface area contributed by atoms with Gasteiger partial charge in [0.15, 0.2) is 11.5 Å². The van der Waals surface area contributed by atoms with Crippen molar-refractivity contribution >= 4 is 29.3 Å². The van der Waals surface area contributed by atoms with E-state index in [1.807, 2.05) is 32.0 Å². The summed E-state index contributed by atoms with van der Waals surface area (Å²) in [6, 6.07) is 17.2. The number of amides is 1. The highest BCUT2D eigenvalue weighted by Gasteiger charge is 2.15. The lowest BCUT2D eigenvalue weighted by Gasteiger charge is -2.14. The number of hydrogen-bond donors (Lipinski definition) is 2. The van der Waals surface area contributed by atoms with E-state index >= 15 is 0 Å². The summed E-state index contributed by atoms with van der Waals surface area (Å²) >= 11 is 6.45. The predicted octanol–water partition coefficient (Wildman–Crippen LogP) is 5.80. The molecule has 3 aromatic carbocycles. The molecule has 0 aliphatic carbocycles. The summed E-state index contributed by atoms with van der Waals surface area (Å²) in [5.74, 6) is 0.245. The van der Waals surface area contributed by atoms with Crippen LogP contribution in [0.5, 0.6) is 17.2 Å². The molecular weight excluding hydrogens is 440 g/mol. The summed E-state index contributed by atoms with van der Waals surface area (Å²) in [6.07, 6.45) is 1.41. The van der Waals surface area contributed by atoms with Gasteiger partial charge in [0.2, 0.25) is 0 Å². The van der Waals surface area contributed by atoms with Crippen LogP contribution < -0.4 is 14.8 Å². The Kier molecular flexibility index (Phi) is 7.60. The first-order chi connectivity index (χ1) is 15.8. The van der Waals surface area contributed by atoms with Crippen LogP contribution in [0.25, 0.3) is 6.08 Å². The van der Waals surface area contributed by atoms with Crippen molar-refractivity contribution in [1.29, 1.82) is 5.26 Å². The summed E-state index contributed by atoms with van der Waals surface area (Å²) in [5.41, 5.74) is 4.21. The van der Waals surface area contributed by atoms with E-state index in [0.717, 1.165) is 5.56 Å². The van der Waals surface area contributed by atoms with Crippen molar-refractivity contribution < 1.29 is 19.4 Å². The third-order valence-electron chi connectivity index (χ3n) is 5.01. The summed E-state index contributed by atoms with van der Waals surface area (Å²) in [4.78, 5) is 12.5. The number of carbonyl (C=O) groups excluding carboxylic acids is 1. The molecule has 3 rings (SSSR count). The molecule has 0 unspecified atom stereocenters. The van der Waals surface area contributed by atoms with E-state index in [4.69, 9.17) is 21.1 Å². The van der Waals surface area contributed by atoms with Gasteiger partial charge < -0.3 is 19.9 Å². The molecule has 0 bridgehead atoms. The van der Waals surface area contributed by atoms with Crippen LogP contribution >= 0.6 is 11.6 Å². The molecule has 0 aromatic heterocycles. The highest BCUT2D eigenvalue weighted by Crippen LogP contribution is 2.37. The standard InChI is InChI=1S/C26H23ClN2O4/c1-16-4-5-18(10-17(16)2)15-33-25-23(27)12-19(13-24(25)32-3)11-20(14-28)26(31)29-21-6-8-22(30)9-7-21/h4-13,30H,15H2,1-3H3,(H,29,31)/b20-11+. The number of nitriles is 1. The quantitative estimate of drug-likeness (QED) is 0.263. The molecule has 0 saturated carbocycles. The van der Waals surface area contributed by atoms with Gasteiger partial charge in [0.05, 0.1) is 12.1 Å². The van der Waals surface area contributed by atoms with E-state index in [2.05, 4.69) is 11.4 Å². The Hall–Kier alpha value is -3.95. The topological polar surface area (TPSA) is 91.6 Å². The normalized spacial score (nSPS) is 10.9. The zero-order chi connectivity index (χ0) is 24.0. The van der Waals surface area contributed by atoms with E-state index in [1.165, 1.54) is 48.6 Å². The minimum absolute atomic E-state index is 0.0746. The lowest BCUT2D eigenvalue weighted by Crippen LogP contribution is -2.13. The smallest absolute Gasteiger partial charge is 0.266 e. The first-order valence-electron chi connectivity index (χ1n) is 10.1. The maximum absolute atomic E-state index is 12.5. The molecule has 0 fully saturated rings. The number of aryl methyl sites for hydroxylation is 2. The molecule has 0 saturated heterocycles. The SMILES string of the molecule is COc1cc(/C=C(\C#N)C(=O)Nc2ccc(O)cc2)cc(Cl)c1OCc1ccc(C)c(C)c1. The number of phenolic OH excluding ortho intramolecular Hbond substituents is 1. The molecule has 33 heavy (non-hydrogen) atoms. The number of nitrogens with zero attached hydrogens (tertiary/aromatic N) is 1. The first kappa shape index (κ1) is 23.7. The lowest BCUT2D eigenvalue weighted by molar-refractivity contribution is -0.112. The van der Waals surface area contributed by atoms with Crippen LogP contribution in [-0.4, -0.2) is 18.1 Å². The number of halogens is 1. The van der Waals surface area contributed by atoms with Gasteiger partial charge in [0.1, 0.15) is 24.0 Å². The van der Waals surface area contributed by atoms with Gasteiger partial charge in [-0.1, -0.05) is 29.8 Å². The minimum atomic E-state index is -0.589. The maximum Gasteiger partial charge on any atom is 0.266 e. The van der Waals surface area contributed by atoms with Gasteiger partial charge in [-0.15, -0.1) is 0 Å². The van der Waals surface area contributed by atoms with Gasteiger partial charge in [-0.25, -0.2) is 0 Å². The lowest BCUT2D eigenvalue weighted by atomic mass is 10.1. The molecule has 3 aromatic rings. The highest BCUT2D eigenvalue weighted by molar-refractivity contribution is 6.32. The van der Waals surface area contributed by atoms with E-state index in [0.29, 0.717) is 34.4 Å². The number of aromatic hydroxyl groups is 1. The van der Waals surface area contributed by atoms with Crippen molar-refractivity contribution in [2.45, 2.75) is 20.5 Å². The number of rotatable bonds is 7. The molecule has 7 heteroatoms. The maximum atomic E-state index is 12.5. The second-order valence-electron chi connectivity index (χ2n) is 7.41. The summed E-state index contributed by atoms with van der Waals surface area (Å²) < 4.78 is 11.4. The Morgan fingerprint density at radius 3 is 2.48 bits per heavy atom. The molecule has 168 valence electrons. The minimum Gasteiger partial charge on any atom is -0.508 e. The summed E-state index contributed by atoms with van der Waals surface area (Å²) in [5, 5.41) is 21.7. The van der Waals surface area contributed by atoms with Crippen LogP contribution in [0.3, 0.4) is 0 Å². The number of ether oxygens (including phenoxy) is 2. The van der Waals surface area contributed by atoms with Crippen LogP contribution in [0.2, 0.25) is 5.02 Å². The molecular formula is C26H23ClN2O4. The van der Waals surface area contributed by atoms with Gasteiger partial charge in [-0.05, 0) is 78.6 Å². The van der Waals surface area contributed by atoms with Crippen molar-refractivity contribution in [1.82, 2.24) is 0 Å². The Labute approximate surface area is 197 Å². The Morgan fingerprint density at radius 1 is 1.12 bits per heavy atom. The van der Waals surface area contributed by atoms with Gasteiger partial charge in [0.25, 0.3) is 5.91 Å². The number of nitrogens with one attached hydrogen (secondary N) is 1. The Balaban J connectivity index is 1.81. The second kappa shape index (κ2) is 10.6. The molecule has 2 N–H and O–H groups in total. The van der Waals surface area contributed by atoms with E-state index in [9.17, 15) is 15.2 Å². The molecule has 1 amide bonds. The van der Waals surface area contributed by atoms with Gasteiger partial charge >= 0.3 is 0 Å². The number of carbonyl (C=O) groups is 1. The van der Waals surface area contributed by atoms with E-state index in [1.54, 1.807) is 12.1 Å². The first-order valence-corrected chi connectivity index (χ1v) is 10.5. The predicted molar refractivity (Wildman–Crippen MR) is 129 cm³/mol. The highest BCUT2D eigenvalue weighted by atomic mass is 35.5. The molecule has 0 atom stereocenters. The molecule has 0 aliphatic rings. The second-order valence-corrected chi connectivity index (χ2v) is 7.82. The molecule has 6 nitrogen and oxygen atoms in total. The number of methoxy groups -OCH3 is 1. The van der Waals surface area contributed by atoms with Crippen molar-refractivity contribution in [3.05, 3.63) is 87.4 Å². The number of hydrogen-bond acceptors (Lipinski definition) is 5. The third kappa shape index (κ3) is 6.06. The van der Waals surface area contributed by atoms with Crippen LogP contribution in [0.1, 0.15) is 22.3 Å². The fourth-order valence-electron chi connectivity index (χ4n) is 3.07. The number of anilines is 1. The third-order valence-corrected chi connectivity index (χ3v) is 5.29. The molecule has 0 spiro atoms. The van der Waals surface area contributed by atoms with Crippen molar-refractivity contribution in [3.8, 4) is 23.3 Å². The fraction of sp³-hybridized carbons (Fsp3) is 0.154. The van der Waals surface area contributed by atoms with Gasteiger partial charge in [-0.3, -0.25) is 4.79 Å². The zero-order valence-electron chi connectivity index (χ0n) is 18.5. The van der Waals surface area contributed by atoms with Crippen LogP contribution in [0.15, 0.2) is 60.2 Å². The Bertz CT molecular complexity index is 1240. The van der Waals surface area contributed by atoms with Crippen LogP contribution in [-0.2, 0) is 11.4 Å². The molecule has 0 aliphatic heterocycles. The fourth-order valence-corrected chi connectivity index (χ4v) is 3.34. The number of phenols is 1.